The minimum atomic E-state index is -0.566. The number of esters is 1. The van der Waals surface area contributed by atoms with E-state index >= 15 is 0 Å². The molecule has 126 valence electrons. The minimum absolute atomic E-state index is 0.0732. The topological polar surface area (TPSA) is 81.5 Å². The zero-order valence-corrected chi connectivity index (χ0v) is 14.9. The number of piperidine rings is 1. The first-order chi connectivity index (χ1) is 10.8. The molecule has 23 heavy (non-hydrogen) atoms. The number of carbonyl (C=O) groups excluding carboxylic acids is 1. The van der Waals surface area contributed by atoms with Gasteiger partial charge < -0.3 is 10.1 Å². The summed E-state index contributed by atoms with van der Waals surface area (Å²) in [6.45, 7) is 5.67. The van der Waals surface area contributed by atoms with Crippen LogP contribution in [-0.2, 0) is 16.0 Å². The fourth-order valence-electron chi connectivity index (χ4n) is 2.94. The molecule has 1 aliphatic rings. The highest BCUT2D eigenvalue weighted by Gasteiger charge is 2.34. The summed E-state index contributed by atoms with van der Waals surface area (Å²) in [5.74, 6) is -0.133. The third-order valence-electron chi connectivity index (χ3n) is 4.28. The van der Waals surface area contributed by atoms with E-state index in [9.17, 15) is 14.9 Å². The number of ether oxygens (including phenoxy) is 1. The van der Waals surface area contributed by atoms with Gasteiger partial charge in [-0.25, -0.2) is 0 Å². The zero-order valence-electron chi connectivity index (χ0n) is 13.3. The lowest BCUT2D eigenvalue weighted by molar-refractivity contribution is -0.385. The van der Waals surface area contributed by atoms with Crippen LogP contribution in [0.1, 0.15) is 32.3 Å². The van der Waals surface area contributed by atoms with E-state index in [0.29, 0.717) is 16.0 Å². The van der Waals surface area contributed by atoms with Crippen LogP contribution in [0.15, 0.2) is 22.7 Å². The van der Waals surface area contributed by atoms with Crippen molar-refractivity contribution < 1.29 is 14.5 Å². The second kappa shape index (κ2) is 7.40. The number of benzene rings is 1. The first-order valence-corrected chi connectivity index (χ1v) is 8.44. The zero-order chi connectivity index (χ0) is 17.0. The van der Waals surface area contributed by atoms with Gasteiger partial charge in [-0.1, -0.05) is 22.0 Å². The molecule has 1 aliphatic heterocycles. The summed E-state index contributed by atoms with van der Waals surface area (Å²) in [5.41, 5.74) is -0.274. The summed E-state index contributed by atoms with van der Waals surface area (Å²) in [6.07, 6.45) is 1.81. The summed E-state index contributed by atoms with van der Waals surface area (Å²) in [7, 11) is 0. The van der Waals surface area contributed by atoms with E-state index in [4.69, 9.17) is 4.74 Å². The Bertz CT molecular complexity index is 598. The van der Waals surface area contributed by atoms with Crippen molar-refractivity contribution in [2.75, 3.05) is 13.1 Å². The molecule has 1 heterocycles. The predicted octanol–water partition coefficient (Wildman–Crippen LogP) is 3.22. The van der Waals surface area contributed by atoms with Gasteiger partial charge in [0.05, 0.1) is 11.3 Å². The number of nitro benzene ring substituents is 1. The maximum atomic E-state index is 12.3. The molecule has 0 atom stereocenters. The highest BCUT2D eigenvalue weighted by Crippen LogP contribution is 2.30. The highest BCUT2D eigenvalue weighted by atomic mass is 79.9. The van der Waals surface area contributed by atoms with Crippen molar-refractivity contribution in [3.8, 4) is 0 Å². The molecule has 7 heteroatoms. The quantitative estimate of drug-likeness (QED) is 0.478. The van der Waals surface area contributed by atoms with Crippen molar-refractivity contribution in [1.82, 2.24) is 5.32 Å². The molecule has 0 amide bonds. The summed E-state index contributed by atoms with van der Waals surface area (Å²) in [6, 6.07) is 4.68. The van der Waals surface area contributed by atoms with Crippen molar-refractivity contribution in [3.63, 3.8) is 0 Å². The summed E-state index contributed by atoms with van der Waals surface area (Å²) < 4.78 is 6.25. The van der Waals surface area contributed by atoms with Gasteiger partial charge in [0.15, 0.2) is 0 Å². The van der Waals surface area contributed by atoms with Crippen LogP contribution in [0.5, 0.6) is 0 Å². The summed E-state index contributed by atoms with van der Waals surface area (Å²) >= 11 is 3.21. The van der Waals surface area contributed by atoms with Crippen LogP contribution in [0.3, 0.4) is 0 Å². The van der Waals surface area contributed by atoms with Gasteiger partial charge in [-0.2, -0.15) is 0 Å². The third kappa shape index (κ3) is 4.75. The molecule has 0 saturated carbocycles. The number of hydrogen-bond acceptors (Lipinski definition) is 5. The van der Waals surface area contributed by atoms with Crippen molar-refractivity contribution in [2.24, 2.45) is 5.92 Å². The normalized spacial score (nSPS) is 16.1. The molecule has 0 radical (unpaired) electrons. The monoisotopic (exact) mass is 384 g/mol. The van der Waals surface area contributed by atoms with E-state index in [1.54, 1.807) is 12.1 Å². The molecule has 1 saturated heterocycles. The second-order valence-electron chi connectivity index (χ2n) is 6.31. The van der Waals surface area contributed by atoms with E-state index in [-0.39, 0.29) is 12.1 Å². The van der Waals surface area contributed by atoms with Gasteiger partial charge in [0.25, 0.3) is 5.69 Å². The average molecular weight is 385 g/mol. The van der Waals surface area contributed by atoms with Crippen LogP contribution in [-0.4, -0.2) is 29.6 Å². The molecule has 0 aromatic heterocycles. The van der Waals surface area contributed by atoms with Crippen LogP contribution in [0.2, 0.25) is 0 Å². The molecule has 6 nitrogen and oxygen atoms in total. The number of nitrogens with zero attached hydrogens (tertiary/aromatic N) is 1. The van der Waals surface area contributed by atoms with Gasteiger partial charge in [-0.15, -0.1) is 0 Å². The van der Waals surface area contributed by atoms with Gasteiger partial charge in [0.2, 0.25) is 0 Å². The molecule has 2 rings (SSSR count). The Kier molecular flexibility index (Phi) is 5.75. The molecule has 1 fully saturated rings. The van der Waals surface area contributed by atoms with Gasteiger partial charge in [-0.3, -0.25) is 14.9 Å². The SMILES string of the molecule is CC(C)(OC(=O)Cc1ccc(Br)cc1[N+](=O)[O-])C1CCNCC1. The minimum Gasteiger partial charge on any atom is -0.459 e. The highest BCUT2D eigenvalue weighted by molar-refractivity contribution is 9.10. The Balaban J connectivity index is 2.06. The Morgan fingerprint density at radius 3 is 2.70 bits per heavy atom. The van der Waals surface area contributed by atoms with E-state index in [1.165, 1.54) is 6.07 Å². The maximum Gasteiger partial charge on any atom is 0.311 e. The van der Waals surface area contributed by atoms with E-state index in [0.717, 1.165) is 25.9 Å². The first kappa shape index (κ1) is 17.9. The molecule has 0 spiro atoms. The lowest BCUT2D eigenvalue weighted by Gasteiger charge is -2.36. The number of carbonyl (C=O) groups is 1. The number of nitro groups is 1. The van der Waals surface area contributed by atoms with Crippen LogP contribution < -0.4 is 5.32 Å². The molecule has 0 bridgehead atoms. The maximum absolute atomic E-state index is 12.3. The van der Waals surface area contributed by atoms with Crippen molar-refractivity contribution in [1.29, 1.82) is 0 Å². The smallest absolute Gasteiger partial charge is 0.311 e. The number of nitrogens with one attached hydrogen (secondary N) is 1. The van der Waals surface area contributed by atoms with E-state index in [1.807, 2.05) is 13.8 Å². The van der Waals surface area contributed by atoms with Gasteiger partial charge in [0, 0.05) is 22.0 Å². The fraction of sp³-hybridized carbons (Fsp3) is 0.562. The Morgan fingerprint density at radius 2 is 2.09 bits per heavy atom. The third-order valence-corrected chi connectivity index (χ3v) is 4.77. The molecule has 1 aromatic carbocycles. The van der Waals surface area contributed by atoms with Crippen molar-refractivity contribution in [3.05, 3.63) is 38.3 Å². The van der Waals surface area contributed by atoms with Gasteiger partial charge in [0.1, 0.15) is 5.60 Å². The van der Waals surface area contributed by atoms with Gasteiger partial charge >= 0.3 is 5.97 Å². The predicted molar refractivity (Wildman–Crippen MR) is 90.3 cm³/mol. The Hall–Kier alpha value is -1.47. The number of halogens is 1. The summed E-state index contributed by atoms with van der Waals surface area (Å²) in [4.78, 5) is 22.9. The molecule has 0 unspecified atom stereocenters. The largest absolute Gasteiger partial charge is 0.459 e. The van der Waals surface area contributed by atoms with Crippen molar-refractivity contribution >= 4 is 27.6 Å². The molecule has 1 N–H and O–H groups in total. The average Bonchev–Trinajstić information content (AvgIpc) is 2.49. The molecular weight excluding hydrogens is 364 g/mol. The van der Waals surface area contributed by atoms with Crippen LogP contribution in [0, 0.1) is 16.0 Å². The van der Waals surface area contributed by atoms with Crippen molar-refractivity contribution in [2.45, 2.75) is 38.7 Å². The lowest BCUT2D eigenvalue weighted by Crippen LogP contribution is -2.43. The number of hydrogen-bond donors (Lipinski definition) is 1. The lowest BCUT2D eigenvalue weighted by atomic mass is 9.83. The Labute approximate surface area is 143 Å². The molecule has 1 aromatic rings. The molecule has 0 aliphatic carbocycles. The van der Waals surface area contributed by atoms with Crippen LogP contribution in [0.4, 0.5) is 5.69 Å². The summed E-state index contributed by atoms with van der Waals surface area (Å²) in [5, 5.41) is 14.4. The number of rotatable bonds is 5. The van der Waals surface area contributed by atoms with E-state index < -0.39 is 16.5 Å². The Morgan fingerprint density at radius 1 is 1.43 bits per heavy atom. The van der Waals surface area contributed by atoms with Gasteiger partial charge in [-0.05, 0) is 45.8 Å². The van der Waals surface area contributed by atoms with Crippen LogP contribution in [0.25, 0.3) is 0 Å². The first-order valence-electron chi connectivity index (χ1n) is 7.65. The fourth-order valence-corrected chi connectivity index (χ4v) is 3.29. The molecular formula is C16H21BrN2O4. The van der Waals surface area contributed by atoms with E-state index in [2.05, 4.69) is 21.2 Å². The van der Waals surface area contributed by atoms with Crippen LogP contribution >= 0.6 is 15.9 Å². The standard InChI is InChI=1S/C16H21BrN2O4/c1-16(2,12-5-7-18-8-6-12)23-15(20)9-11-3-4-13(17)10-14(11)19(21)22/h3-4,10,12,18H,5-9H2,1-2H3. The second-order valence-corrected chi connectivity index (χ2v) is 7.22.